The van der Waals surface area contributed by atoms with Gasteiger partial charge in [-0.25, -0.2) is 8.78 Å². The van der Waals surface area contributed by atoms with Gasteiger partial charge in [0.05, 0.1) is 18.9 Å². The highest BCUT2D eigenvalue weighted by Crippen LogP contribution is 2.29. The normalized spacial score (nSPS) is 17.2. The second-order valence-corrected chi connectivity index (χ2v) is 4.05. The van der Waals surface area contributed by atoms with Crippen LogP contribution in [-0.4, -0.2) is 13.7 Å². The first-order valence-corrected chi connectivity index (χ1v) is 5.65. The SMILES string of the molecule is CNC(C1=COCCC1)c1cc(F)ccc1F. The zero-order valence-electron chi connectivity index (χ0n) is 9.67. The fraction of sp³-hybridized carbons (Fsp3) is 0.385. The predicted octanol–water partition coefficient (Wildman–Crippen LogP) is 2.92. The molecule has 2 rings (SSSR count). The molecule has 92 valence electrons. The van der Waals surface area contributed by atoms with Crippen molar-refractivity contribution in [1.29, 1.82) is 0 Å². The minimum Gasteiger partial charge on any atom is -0.501 e. The smallest absolute Gasteiger partial charge is 0.128 e. The number of hydrogen-bond acceptors (Lipinski definition) is 2. The molecule has 0 spiro atoms. The summed E-state index contributed by atoms with van der Waals surface area (Å²) in [4.78, 5) is 0. The summed E-state index contributed by atoms with van der Waals surface area (Å²) in [6, 6.07) is 3.17. The molecular weight excluding hydrogens is 224 g/mol. The Morgan fingerprint density at radius 1 is 1.35 bits per heavy atom. The Morgan fingerprint density at radius 2 is 2.18 bits per heavy atom. The Morgan fingerprint density at radius 3 is 2.82 bits per heavy atom. The molecule has 4 heteroatoms. The maximum Gasteiger partial charge on any atom is 0.128 e. The second kappa shape index (κ2) is 5.27. The van der Waals surface area contributed by atoms with Gasteiger partial charge in [0, 0.05) is 5.56 Å². The lowest BCUT2D eigenvalue weighted by Crippen LogP contribution is -2.22. The van der Waals surface area contributed by atoms with Crippen LogP contribution in [0.25, 0.3) is 0 Å². The summed E-state index contributed by atoms with van der Waals surface area (Å²) in [6.07, 6.45) is 3.39. The van der Waals surface area contributed by atoms with Crippen molar-refractivity contribution in [3.05, 3.63) is 47.2 Å². The van der Waals surface area contributed by atoms with Gasteiger partial charge < -0.3 is 10.1 Å². The number of likely N-dealkylation sites (N-methyl/N-ethyl adjacent to an activating group) is 1. The van der Waals surface area contributed by atoms with Crippen molar-refractivity contribution in [1.82, 2.24) is 5.32 Å². The average Bonchev–Trinajstić information content (AvgIpc) is 2.36. The minimum atomic E-state index is -0.432. The third kappa shape index (κ3) is 2.64. The van der Waals surface area contributed by atoms with E-state index in [1.54, 1.807) is 13.3 Å². The zero-order valence-corrected chi connectivity index (χ0v) is 9.67. The van der Waals surface area contributed by atoms with Crippen molar-refractivity contribution in [2.75, 3.05) is 13.7 Å². The molecule has 0 radical (unpaired) electrons. The summed E-state index contributed by atoms with van der Waals surface area (Å²) in [5.74, 6) is -0.837. The van der Waals surface area contributed by atoms with Crippen molar-refractivity contribution in [3.8, 4) is 0 Å². The standard InChI is InChI=1S/C13H15F2NO/c1-16-13(9-3-2-6-17-8-9)11-7-10(14)4-5-12(11)15/h4-5,7-8,13,16H,2-3,6H2,1H3. The average molecular weight is 239 g/mol. The summed E-state index contributed by atoms with van der Waals surface area (Å²) in [5.41, 5.74) is 1.27. The lowest BCUT2D eigenvalue weighted by molar-refractivity contribution is 0.219. The molecule has 1 aromatic rings. The molecule has 0 amide bonds. The first-order chi connectivity index (χ1) is 8.22. The van der Waals surface area contributed by atoms with Crippen molar-refractivity contribution >= 4 is 0 Å². The van der Waals surface area contributed by atoms with E-state index in [1.807, 2.05) is 0 Å². The van der Waals surface area contributed by atoms with Crippen molar-refractivity contribution in [2.24, 2.45) is 0 Å². The van der Waals surface area contributed by atoms with E-state index in [1.165, 1.54) is 6.07 Å². The first-order valence-electron chi connectivity index (χ1n) is 5.65. The van der Waals surface area contributed by atoms with Gasteiger partial charge in [-0.2, -0.15) is 0 Å². The quantitative estimate of drug-likeness (QED) is 0.875. The van der Waals surface area contributed by atoms with Gasteiger partial charge in [-0.05, 0) is 43.7 Å². The fourth-order valence-corrected chi connectivity index (χ4v) is 2.07. The van der Waals surface area contributed by atoms with Crippen LogP contribution in [0.15, 0.2) is 30.0 Å². The van der Waals surface area contributed by atoms with Crippen LogP contribution < -0.4 is 5.32 Å². The number of halogens is 2. The lowest BCUT2D eigenvalue weighted by atomic mass is 9.95. The Balaban J connectivity index is 2.34. The van der Waals surface area contributed by atoms with Crippen molar-refractivity contribution in [2.45, 2.75) is 18.9 Å². The molecule has 0 bridgehead atoms. The monoisotopic (exact) mass is 239 g/mol. The van der Waals surface area contributed by atoms with Crippen LogP contribution in [0.1, 0.15) is 24.4 Å². The van der Waals surface area contributed by atoms with Crippen molar-refractivity contribution in [3.63, 3.8) is 0 Å². The molecule has 1 atom stereocenters. The van der Waals surface area contributed by atoms with Crippen LogP contribution in [-0.2, 0) is 4.74 Å². The molecule has 1 N–H and O–H groups in total. The summed E-state index contributed by atoms with van der Waals surface area (Å²) in [6.45, 7) is 0.686. The lowest BCUT2D eigenvalue weighted by Gasteiger charge is -2.23. The summed E-state index contributed by atoms with van der Waals surface area (Å²) in [5, 5.41) is 3.00. The van der Waals surface area contributed by atoms with Gasteiger partial charge >= 0.3 is 0 Å². The summed E-state index contributed by atoms with van der Waals surface area (Å²) < 4.78 is 32.1. The van der Waals surface area contributed by atoms with Crippen LogP contribution in [0, 0.1) is 11.6 Å². The van der Waals surface area contributed by atoms with E-state index in [-0.39, 0.29) is 6.04 Å². The van der Waals surface area contributed by atoms with Crippen LogP contribution in [0.4, 0.5) is 8.78 Å². The second-order valence-electron chi connectivity index (χ2n) is 4.05. The molecule has 0 aromatic heterocycles. The fourth-order valence-electron chi connectivity index (χ4n) is 2.07. The van der Waals surface area contributed by atoms with E-state index in [2.05, 4.69) is 5.32 Å². The van der Waals surface area contributed by atoms with Gasteiger partial charge in [0.25, 0.3) is 0 Å². The van der Waals surface area contributed by atoms with E-state index in [0.29, 0.717) is 12.2 Å². The van der Waals surface area contributed by atoms with E-state index >= 15 is 0 Å². The minimum absolute atomic E-state index is 0.323. The van der Waals surface area contributed by atoms with Crippen LogP contribution in [0.2, 0.25) is 0 Å². The van der Waals surface area contributed by atoms with Crippen LogP contribution in [0.3, 0.4) is 0 Å². The highest BCUT2D eigenvalue weighted by atomic mass is 19.1. The highest BCUT2D eigenvalue weighted by Gasteiger charge is 2.20. The van der Waals surface area contributed by atoms with E-state index in [0.717, 1.165) is 30.5 Å². The molecule has 1 aliphatic rings. The van der Waals surface area contributed by atoms with Gasteiger partial charge in [-0.1, -0.05) is 0 Å². The highest BCUT2D eigenvalue weighted by molar-refractivity contribution is 5.30. The molecule has 2 nitrogen and oxygen atoms in total. The van der Waals surface area contributed by atoms with Gasteiger partial charge in [-0.15, -0.1) is 0 Å². The molecule has 0 saturated heterocycles. The molecule has 1 unspecified atom stereocenters. The number of hydrogen-bond donors (Lipinski definition) is 1. The molecule has 1 aliphatic heterocycles. The molecular formula is C13H15F2NO. The Bertz CT molecular complexity index is 431. The summed E-state index contributed by atoms with van der Waals surface area (Å²) in [7, 11) is 1.73. The van der Waals surface area contributed by atoms with Gasteiger partial charge in [0.2, 0.25) is 0 Å². The first kappa shape index (κ1) is 12.0. The molecule has 17 heavy (non-hydrogen) atoms. The molecule has 0 fully saturated rings. The zero-order chi connectivity index (χ0) is 12.3. The summed E-state index contributed by atoms with van der Waals surface area (Å²) >= 11 is 0. The molecule has 1 heterocycles. The molecule has 0 aliphatic carbocycles. The molecule has 1 aromatic carbocycles. The largest absolute Gasteiger partial charge is 0.501 e. The van der Waals surface area contributed by atoms with Gasteiger partial charge in [-0.3, -0.25) is 0 Å². The number of ether oxygens (including phenoxy) is 1. The topological polar surface area (TPSA) is 21.3 Å². The Hall–Kier alpha value is -1.42. The van der Waals surface area contributed by atoms with E-state index in [9.17, 15) is 8.78 Å². The third-order valence-corrected chi connectivity index (χ3v) is 2.89. The Kier molecular flexibility index (Phi) is 3.74. The van der Waals surface area contributed by atoms with Gasteiger partial charge in [0.15, 0.2) is 0 Å². The predicted molar refractivity (Wildman–Crippen MR) is 61.4 cm³/mol. The van der Waals surface area contributed by atoms with E-state index in [4.69, 9.17) is 4.74 Å². The Labute approximate surface area is 99.3 Å². The number of rotatable bonds is 3. The van der Waals surface area contributed by atoms with Crippen molar-refractivity contribution < 1.29 is 13.5 Å². The number of nitrogens with one attached hydrogen (secondary N) is 1. The van der Waals surface area contributed by atoms with Crippen LogP contribution >= 0.6 is 0 Å². The van der Waals surface area contributed by atoms with E-state index < -0.39 is 11.6 Å². The molecule has 0 saturated carbocycles. The van der Waals surface area contributed by atoms with Gasteiger partial charge in [0.1, 0.15) is 11.6 Å². The maximum absolute atomic E-state index is 13.7. The third-order valence-electron chi connectivity index (χ3n) is 2.89. The van der Waals surface area contributed by atoms with Crippen LogP contribution in [0.5, 0.6) is 0 Å². The number of benzene rings is 1. The maximum atomic E-state index is 13.7.